The van der Waals surface area contributed by atoms with Gasteiger partial charge in [0.2, 0.25) is 0 Å². The fourth-order valence-electron chi connectivity index (χ4n) is 9.66. The van der Waals surface area contributed by atoms with Crippen molar-refractivity contribution in [2.75, 3.05) is 0 Å². The van der Waals surface area contributed by atoms with Gasteiger partial charge in [-0.25, -0.2) is 4.68 Å². The Balaban J connectivity index is 1.27. The van der Waals surface area contributed by atoms with Gasteiger partial charge in [0.05, 0.1) is 11.8 Å². The first-order valence-electron chi connectivity index (χ1n) is 12.4. The quantitative estimate of drug-likeness (QED) is 0.817. The molecule has 5 aliphatic rings. The van der Waals surface area contributed by atoms with Gasteiger partial charge in [-0.15, -0.1) is 5.10 Å². The van der Waals surface area contributed by atoms with E-state index in [2.05, 4.69) is 24.2 Å². The summed E-state index contributed by atoms with van der Waals surface area (Å²) in [6.45, 7) is 7.30. The summed E-state index contributed by atoms with van der Waals surface area (Å²) in [5.41, 5.74) is -0.271. The van der Waals surface area contributed by atoms with Crippen LogP contribution in [0.1, 0.15) is 65.7 Å². The van der Waals surface area contributed by atoms with Gasteiger partial charge in [0.1, 0.15) is 6.54 Å². The Morgan fingerprint density at radius 3 is 2.67 bits per heavy atom. The number of aliphatic hydroxyl groups is 1. The van der Waals surface area contributed by atoms with E-state index < -0.39 is 5.60 Å². The fraction of sp³-hybridized carbons (Fsp3) is 0.880. The maximum Gasteiger partial charge on any atom is 0.158 e. The standard InChI is InChI=1S/C25H37N3O2/c1-14-20-21(14)23(19(29)13-28-11-10-26-27-28)25(3)9-7-17-16-6-8-24(2,30)12-15(16)4-5-18(17)22(20)25/h10-11,14-18,20-23,30H,4-9,12-13H2,1-3H3/t14-,15+,16-,17+,18+,20+,21-,22+,23-,24+,25-/m0/s1. The lowest BCUT2D eigenvalue weighted by Gasteiger charge is -2.58. The van der Waals surface area contributed by atoms with E-state index in [1.54, 1.807) is 10.9 Å². The Bertz CT molecular complexity index is 835. The van der Waals surface area contributed by atoms with Crippen LogP contribution in [0.15, 0.2) is 12.4 Å². The summed E-state index contributed by atoms with van der Waals surface area (Å²) in [6, 6.07) is 0. The monoisotopic (exact) mass is 411 g/mol. The van der Waals surface area contributed by atoms with Crippen molar-refractivity contribution in [1.29, 1.82) is 0 Å². The Kier molecular flexibility index (Phi) is 4.15. The van der Waals surface area contributed by atoms with Crippen molar-refractivity contribution in [3.63, 3.8) is 0 Å². The second-order valence-corrected chi connectivity index (χ2v) is 12.2. The number of ketones is 1. The summed E-state index contributed by atoms with van der Waals surface area (Å²) < 4.78 is 1.71. The number of carbonyl (C=O) groups excluding carboxylic acids is 1. The highest BCUT2D eigenvalue weighted by molar-refractivity contribution is 5.83. The van der Waals surface area contributed by atoms with Crippen LogP contribution >= 0.6 is 0 Å². The lowest BCUT2D eigenvalue weighted by Crippen LogP contribution is -2.52. The lowest BCUT2D eigenvalue weighted by molar-refractivity contribution is -0.137. The normalized spacial score (nSPS) is 53.9. The van der Waals surface area contributed by atoms with Crippen LogP contribution in [0.5, 0.6) is 0 Å². The molecular formula is C25H37N3O2. The summed E-state index contributed by atoms with van der Waals surface area (Å²) in [4.78, 5) is 13.5. The molecule has 0 spiro atoms. The SMILES string of the molecule is C[C@H]1[C@@H]2[C@H]1[C@H](C(=O)Cn1ccnn1)[C@@]1(C)CC[C@H]3[C@@H](CC[C@@H]4C[C@](C)(O)CC[C@@H]43)[C@H]21. The maximum atomic E-state index is 13.5. The number of fused-ring (bicyclic) bond motifs is 7. The highest BCUT2D eigenvalue weighted by Crippen LogP contribution is 2.76. The van der Waals surface area contributed by atoms with Gasteiger partial charge >= 0.3 is 0 Å². The molecule has 0 aliphatic heterocycles. The third kappa shape index (κ3) is 2.66. The van der Waals surface area contributed by atoms with Gasteiger partial charge in [-0.1, -0.05) is 19.1 Å². The third-order valence-electron chi connectivity index (χ3n) is 10.7. The molecule has 0 amide bonds. The summed E-state index contributed by atoms with van der Waals surface area (Å²) in [5.74, 6) is 6.55. The van der Waals surface area contributed by atoms with Gasteiger partial charge in [-0.2, -0.15) is 0 Å². The first-order valence-corrected chi connectivity index (χ1v) is 12.4. The molecular weight excluding hydrogens is 374 g/mol. The first-order chi connectivity index (χ1) is 14.3. The van der Waals surface area contributed by atoms with Crippen molar-refractivity contribution >= 4 is 5.78 Å². The van der Waals surface area contributed by atoms with Gasteiger partial charge in [-0.05, 0) is 105 Å². The Hall–Kier alpha value is -1.23. The van der Waals surface area contributed by atoms with Crippen LogP contribution in [-0.2, 0) is 11.3 Å². The van der Waals surface area contributed by atoms with Crippen molar-refractivity contribution in [3.05, 3.63) is 12.4 Å². The van der Waals surface area contributed by atoms with Crippen molar-refractivity contribution in [2.24, 2.45) is 58.7 Å². The zero-order valence-electron chi connectivity index (χ0n) is 18.7. The second kappa shape index (κ2) is 6.40. The average Bonchev–Trinajstić information content (AvgIpc) is 3.06. The number of carbonyl (C=O) groups is 1. The van der Waals surface area contributed by atoms with Crippen LogP contribution in [-0.4, -0.2) is 31.5 Å². The van der Waals surface area contributed by atoms with Gasteiger partial charge in [-0.3, -0.25) is 4.79 Å². The third-order valence-corrected chi connectivity index (χ3v) is 10.7. The molecule has 5 heteroatoms. The number of hydrogen-bond acceptors (Lipinski definition) is 4. The topological polar surface area (TPSA) is 68.0 Å². The minimum atomic E-state index is -0.445. The molecule has 5 nitrogen and oxygen atoms in total. The molecule has 0 unspecified atom stereocenters. The molecule has 5 saturated carbocycles. The molecule has 1 aromatic heterocycles. The highest BCUT2D eigenvalue weighted by Gasteiger charge is 2.73. The second-order valence-electron chi connectivity index (χ2n) is 12.2. The summed E-state index contributed by atoms with van der Waals surface area (Å²) in [5, 5.41) is 18.6. The molecule has 0 aromatic carbocycles. The van der Waals surface area contributed by atoms with E-state index in [0.717, 1.165) is 48.3 Å². The van der Waals surface area contributed by atoms with Crippen LogP contribution in [0.3, 0.4) is 0 Å². The van der Waals surface area contributed by atoms with E-state index in [0.29, 0.717) is 24.2 Å². The number of hydrogen-bond donors (Lipinski definition) is 1. The molecule has 11 atom stereocenters. The molecule has 5 fully saturated rings. The molecule has 5 aliphatic carbocycles. The molecule has 6 rings (SSSR count). The Morgan fingerprint density at radius 1 is 1.10 bits per heavy atom. The van der Waals surface area contributed by atoms with E-state index in [-0.39, 0.29) is 11.3 Å². The molecule has 0 radical (unpaired) electrons. The molecule has 1 N–H and O–H groups in total. The number of nitrogens with zero attached hydrogens (tertiary/aromatic N) is 3. The summed E-state index contributed by atoms with van der Waals surface area (Å²) in [6.07, 6.45) is 11.8. The van der Waals surface area contributed by atoms with Gasteiger partial charge in [0.25, 0.3) is 0 Å². The molecule has 30 heavy (non-hydrogen) atoms. The van der Waals surface area contributed by atoms with Gasteiger partial charge in [0.15, 0.2) is 5.78 Å². The van der Waals surface area contributed by atoms with Crippen LogP contribution in [0.25, 0.3) is 0 Å². The lowest BCUT2D eigenvalue weighted by atomic mass is 9.47. The fourth-order valence-corrected chi connectivity index (χ4v) is 9.66. The van der Waals surface area contributed by atoms with Gasteiger partial charge < -0.3 is 5.11 Å². The van der Waals surface area contributed by atoms with E-state index in [9.17, 15) is 9.90 Å². The van der Waals surface area contributed by atoms with Crippen molar-refractivity contribution in [3.8, 4) is 0 Å². The van der Waals surface area contributed by atoms with E-state index in [1.807, 2.05) is 13.1 Å². The number of rotatable bonds is 3. The number of Topliss-reactive ketones (excluding diaryl/α,β-unsaturated/α-hetero) is 1. The van der Waals surface area contributed by atoms with Crippen molar-refractivity contribution in [2.45, 2.75) is 77.9 Å². The largest absolute Gasteiger partial charge is 0.390 e. The Labute approximate surface area is 180 Å². The van der Waals surface area contributed by atoms with E-state index >= 15 is 0 Å². The molecule has 1 aromatic rings. The summed E-state index contributed by atoms with van der Waals surface area (Å²) >= 11 is 0. The minimum Gasteiger partial charge on any atom is -0.390 e. The highest BCUT2D eigenvalue weighted by atomic mass is 16.3. The maximum absolute atomic E-state index is 13.5. The van der Waals surface area contributed by atoms with E-state index in [1.165, 1.54) is 32.1 Å². The van der Waals surface area contributed by atoms with Crippen LogP contribution in [0.4, 0.5) is 0 Å². The van der Waals surface area contributed by atoms with Crippen molar-refractivity contribution < 1.29 is 9.90 Å². The van der Waals surface area contributed by atoms with Crippen LogP contribution in [0, 0.1) is 58.7 Å². The number of aromatic nitrogens is 3. The zero-order chi connectivity index (χ0) is 20.8. The van der Waals surface area contributed by atoms with Gasteiger partial charge in [0, 0.05) is 12.1 Å². The van der Waals surface area contributed by atoms with Crippen LogP contribution < -0.4 is 0 Å². The average molecular weight is 412 g/mol. The first kappa shape index (κ1) is 19.5. The van der Waals surface area contributed by atoms with Crippen molar-refractivity contribution in [1.82, 2.24) is 15.0 Å². The molecule has 1 heterocycles. The molecule has 0 saturated heterocycles. The zero-order valence-corrected chi connectivity index (χ0v) is 18.7. The molecule has 0 bridgehead atoms. The predicted molar refractivity (Wildman–Crippen MR) is 113 cm³/mol. The Morgan fingerprint density at radius 2 is 1.90 bits per heavy atom. The minimum absolute atomic E-state index is 0.174. The smallest absolute Gasteiger partial charge is 0.158 e. The predicted octanol–water partition coefficient (Wildman–Crippen LogP) is 3.97. The van der Waals surface area contributed by atoms with Crippen LogP contribution in [0.2, 0.25) is 0 Å². The summed E-state index contributed by atoms with van der Waals surface area (Å²) in [7, 11) is 0. The van der Waals surface area contributed by atoms with E-state index in [4.69, 9.17) is 0 Å². The molecule has 164 valence electrons.